The number of nitrogens with one attached hydrogen (secondary N) is 1. The molecule has 2 aliphatic rings. The lowest BCUT2D eigenvalue weighted by atomic mass is 9.98. The number of hydrogen-bond acceptors (Lipinski definition) is 5. The molecule has 1 fully saturated rings. The number of rotatable bonds is 5. The van der Waals surface area contributed by atoms with Crippen LogP contribution in [0.1, 0.15) is 42.4 Å². The van der Waals surface area contributed by atoms with Crippen LogP contribution in [-0.4, -0.2) is 40.7 Å². The van der Waals surface area contributed by atoms with Gasteiger partial charge in [0, 0.05) is 30.6 Å². The Balaban J connectivity index is 1.59. The molecule has 0 amide bonds. The fraction of sp³-hybridized carbons (Fsp3) is 0.524. The van der Waals surface area contributed by atoms with Gasteiger partial charge in [0.15, 0.2) is 11.5 Å². The average molecular weight is 369 g/mol. The third-order valence-electron chi connectivity index (χ3n) is 5.75. The van der Waals surface area contributed by atoms with E-state index in [1.165, 1.54) is 5.56 Å². The largest absolute Gasteiger partial charge is 0.493 e. The maximum atomic E-state index is 12.4. The van der Waals surface area contributed by atoms with Gasteiger partial charge < -0.3 is 14.5 Å². The molecular weight excluding hydrogens is 342 g/mol. The number of aromatic amines is 1. The van der Waals surface area contributed by atoms with Crippen LogP contribution in [0.5, 0.6) is 11.5 Å². The van der Waals surface area contributed by atoms with Gasteiger partial charge in [-0.2, -0.15) is 0 Å². The molecule has 3 heterocycles. The number of fused-ring (bicyclic) bond motifs is 3. The normalized spacial score (nSPS) is 21.6. The van der Waals surface area contributed by atoms with Crippen LogP contribution in [0.25, 0.3) is 0 Å². The van der Waals surface area contributed by atoms with Crippen molar-refractivity contribution >= 4 is 0 Å². The van der Waals surface area contributed by atoms with E-state index in [0.29, 0.717) is 24.5 Å². The van der Waals surface area contributed by atoms with Gasteiger partial charge in [-0.1, -0.05) is 6.07 Å². The van der Waals surface area contributed by atoms with Crippen LogP contribution in [0.3, 0.4) is 0 Å². The molecule has 27 heavy (non-hydrogen) atoms. The lowest BCUT2D eigenvalue weighted by molar-refractivity contribution is 0.187. The first-order chi connectivity index (χ1) is 13.1. The summed E-state index contributed by atoms with van der Waals surface area (Å²) in [4.78, 5) is 22.5. The van der Waals surface area contributed by atoms with Crippen LogP contribution in [0.2, 0.25) is 0 Å². The lowest BCUT2D eigenvalue weighted by Crippen LogP contribution is -2.36. The van der Waals surface area contributed by atoms with Gasteiger partial charge in [0.05, 0.1) is 19.4 Å². The fourth-order valence-electron chi connectivity index (χ4n) is 4.51. The molecular formula is C21H27N3O3. The summed E-state index contributed by atoms with van der Waals surface area (Å²) in [6.07, 6.45) is 3.92. The van der Waals surface area contributed by atoms with Crippen molar-refractivity contribution in [2.24, 2.45) is 0 Å². The molecule has 1 saturated heterocycles. The first-order valence-corrected chi connectivity index (χ1v) is 9.73. The molecule has 1 N–H and O–H groups in total. The summed E-state index contributed by atoms with van der Waals surface area (Å²) in [6, 6.07) is 6.99. The highest BCUT2D eigenvalue weighted by Gasteiger charge is 2.38. The second-order valence-corrected chi connectivity index (χ2v) is 7.46. The van der Waals surface area contributed by atoms with E-state index in [0.717, 1.165) is 55.0 Å². The van der Waals surface area contributed by atoms with Crippen LogP contribution < -0.4 is 15.0 Å². The fourth-order valence-corrected chi connectivity index (χ4v) is 4.51. The molecule has 0 aliphatic carbocycles. The molecule has 2 aromatic rings. The predicted octanol–water partition coefficient (Wildman–Crippen LogP) is 2.62. The van der Waals surface area contributed by atoms with Gasteiger partial charge in [-0.05, 0) is 50.8 Å². The van der Waals surface area contributed by atoms with E-state index in [1.807, 2.05) is 19.9 Å². The Morgan fingerprint density at radius 1 is 1.22 bits per heavy atom. The molecule has 0 radical (unpaired) electrons. The van der Waals surface area contributed by atoms with Gasteiger partial charge >= 0.3 is 0 Å². The van der Waals surface area contributed by atoms with E-state index in [1.54, 1.807) is 7.11 Å². The molecule has 0 unspecified atom stereocenters. The van der Waals surface area contributed by atoms with E-state index in [4.69, 9.17) is 9.47 Å². The first-order valence-electron chi connectivity index (χ1n) is 9.73. The molecule has 4 rings (SSSR count). The van der Waals surface area contributed by atoms with Crippen molar-refractivity contribution in [1.82, 2.24) is 14.9 Å². The number of ether oxygens (including phenoxy) is 2. The Labute approximate surface area is 159 Å². The number of methoxy groups -OCH3 is 1. The molecule has 2 aliphatic heterocycles. The van der Waals surface area contributed by atoms with Gasteiger partial charge in [0.1, 0.15) is 5.82 Å². The minimum Gasteiger partial charge on any atom is -0.493 e. The highest BCUT2D eigenvalue weighted by Crippen LogP contribution is 2.35. The second kappa shape index (κ2) is 7.35. The van der Waals surface area contributed by atoms with Crippen LogP contribution in [0.4, 0.5) is 0 Å². The average Bonchev–Trinajstić information content (AvgIpc) is 2.92. The lowest BCUT2D eigenvalue weighted by Gasteiger charge is -2.28. The third kappa shape index (κ3) is 3.46. The Morgan fingerprint density at radius 2 is 2.00 bits per heavy atom. The van der Waals surface area contributed by atoms with Gasteiger partial charge in [0.25, 0.3) is 5.56 Å². The van der Waals surface area contributed by atoms with Gasteiger partial charge in [0.2, 0.25) is 0 Å². The maximum Gasteiger partial charge on any atom is 0.254 e. The molecule has 1 aromatic heterocycles. The molecule has 6 heteroatoms. The van der Waals surface area contributed by atoms with Crippen LogP contribution in [0, 0.1) is 6.92 Å². The smallest absolute Gasteiger partial charge is 0.254 e. The highest BCUT2D eigenvalue weighted by atomic mass is 16.5. The first kappa shape index (κ1) is 18.0. The van der Waals surface area contributed by atoms with Crippen molar-refractivity contribution in [3.8, 4) is 11.5 Å². The van der Waals surface area contributed by atoms with Crippen molar-refractivity contribution in [1.29, 1.82) is 0 Å². The standard InChI is InChI=1S/C21H27N3O3/c1-4-27-19-8-5-14(9-20(19)26-3)12-24-15-6-7-16(24)11-18-17(10-15)21(25)23-13(2)22-18/h5,8-9,15-16H,4,6-7,10-12H2,1-3H3,(H,22,23,25)/t15-,16-/m1/s1. The Kier molecular flexibility index (Phi) is 4.91. The Bertz CT molecular complexity index is 893. The minimum atomic E-state index is 0.0349. The van der Waals surface area contributed by atoms with E-state index in [2.05, 4.69) is 27.0 Å². The van der Waals surface area contributed by atoms with E-state index in [9.17, 15) is 4.79 Å². The van der Waals surface area contributed by atoms with Crippen molar-refractivity contribution in [2.75, 3.05) is 13.7 Å². The van der Waals surface area contributed by atoms with E-state index < -0.39 is 0 Å². The highest BCUT2D eigenvalue weighted by molar-refractivity contribution is 5.43. The van der Waals surface area contributed by atoms with Gasteiger partial charge in [-0.25, -0.2) is 4.98 Å². The van der Waals surface area contributed by atoms with Crippen molar-refractivity contribution < 1.29 is 9.47 Å². The molecule has 0 spiro atoms. The van der Waals surface area contributed by atoms with Crippen LogP contribution in [-0.2, 0) is 19.4 Å². The van der Waals surface area contributed by atoms with Crippen molar-refractivity contribution in [3.05, 3.63) is 51.2 Å². The summed E-state index contributed by atoms with van der Waals surface area (Å²) in [5.74, 6) is 2.26. The number of H-pyrrole nitrogens is 1. The Hall–Kier alpha value is -2.34. The van der Waals surface area contributed by atoms with Crippen LogP contribution >= 0.6 is 0 Å². The quantitative estimate of drug-likeness (QED) is 0.878. The maximum absolute atomic E-state index is 12.4. The van der Waals surface area contributed by atoms with Crippen molar-refractivity contribution in [3.63, 3.8) is 0 Å². The zero-order chi connectivity index (χ0) is 19.0. The van der Waals surface area contributed by atoms with E-state index >= 15 is 0 Å². The molecule has 0 saturated carbocycles. The SMILES string of the molecule is CCOc1ccc(CN2[C@@H]3CC[C@@H]2Cc2c(nc(C)[nH]c2=O)C3)cc1OC. The minimum absolute atomic E-state index is 0.0349. The number of aromatic nitrogens is 2. The molecule has 1 aromatic carbocycles. The van der Waals surface area contributed by atoms with Crippen molar-refractivity contribution in [2.45, 2.75) is 58.2 Å². The van der Waals surface area contributed by atoms with E-state index in [-0.39, 0.29) is 5.56 Å². The Morgan fingerprint density at radius 3 is 2.74 bits per heavy atom. The van der Waals surface area contributed by atoms with Gasteiger partial charge in [-0.3, -0.25) is 9.69 Å². The molecule has 2 atom stereocenters. The summed E-state index contributed by atoms with van der Waals surface area (Å²) in [6.45, 7) is 5.29. The van der Waals surface area contributed by atoms with Gasteiger partial charge in [-0.15, -0.1) is 0 Å². The zero-order valence-corrected chi connectivity index (χ0v) is 16.2. The number of aryl methyl sites for hydroxylation is 1. The summed E-state index contributed by atoms with van der Waals surface area (Å²) >= 11 is 0. The monoisotopic (exact) mass is 369 g/mol. The van der Waals surface area contributed by atoms with Crippen LogP contribution in [0.15, 0.2) is 23.0 Å². The topological polar surface area (TPSA) is 67.5 Å². The summed E-state index contributed by atoms with van der Waals surface area (Å²) in [5.41, 5.74) is 3.10. The predicted molar refractivity (Wildman–Crippen MR) is 104 cm³/mol. The number of benzene rings is 1. The third-order valence-corrected chi connectivity index (χ3v) is 5.75. The summed E-state index contributed by atoms with van der Waals surface area (Å²) in [5, 5.41) is 0. The summed E-state index contributed by atoms with van der Waals surface area (Å²) < 4.78 is 11.1. The number of nitrogens with zero attached hydrogens (tertiary/aromatic N) is 2. The summed E-state index contributed by atoms with van der Waals surface area (Å²) in [7, 11) is 1.67. The molecule has 144 valence electrons. The second-order valence-electron chi connectivity index (χ2n) is 7.46. The zero-order valence-electron chi connectivity index (χ0n) is 16.2. The molecule has 2 bridgehead atoms. The number of hydrogen-bond donors (Lipinski definition) is 1. The molecule has 6 nitrogen and oxygen atoms in total.